The maximum absolute atomic E-state index is 6.76. The van der Waals surface area contributed by atoms with E-state index in [1.54, 1.807) is 7.11 Å². The van der Waals surface area contributed by atoms with Crippen LogP contribution >= 0.6 is 27.5 Å². The van der Waals surface area contributed by atoms with Crippen molar-refractivity contribution in [3.8, 4) is 5.75 Å². The first-order valence-electron chi connectivity index (χ1n) is 7.23. The molecule has 3 rings (SSSR count). The zero-order valence-electron chi connectivity index (χ0n) is 12.0. The molecule has 0 fully saturated rings. The van der Waals surface area contributed by atoms with E-state index in [0.29, 0.717) is 5.92 Å². The van der Waals surface area contributed by atoms with E-state index in [2.05, 4.69) is 52.3 Å². The van der Waals surface area contributed by atoms with Gasteiger partial charge < -0.3 is 4.74 Å². The third-order valence-electron chi connectivity index (χ3n) is 4.29. The molecule has 2 atom stereocenters. The summed E-state index contributed by atoms with van der Waals surface area (Å²) in [6.07, 6.45) is 3.34. The van der Waals surface area contributed by atoms with Crippen LogP contribution in [0.4, 0.5) is 0 Å². The molecule has 0 amide bonds. The zero-order valence-corrected chi connectivity index (χ0v) is 14.3. The van der Waals surface area contributed by atoms with Gasteiger partial charge in [0.15, 0.2) is 0 Å². The first-order chi connectivity index (χ1) is 10.2. The van der Waals surface area contributed by atoms with Crippen LogP contribution in [0.25, 0.3) is 0 Å². The third kappa shape index (κ3) is 3.12. The molecule has 0 bridgehead atoms. The van der Waals surface area contributed by atoms with Gasteiger partial charge in [0.25, 0.3) is 0 Å². The van der Waals surface area contributed by atoms with Crippen LogP contribution < -0.4 is 4.74 Å². The summed E-state index contributed by atoms with van der Waals surface area (Å²) in [5, 5.41) is 0.0422. The standard InChI is InChI=1S/C18H18BrClO/c1-21-17-9-8-15(11-16(17)19)18(20)14-7-6-12-4-2-3-5-13(12)10-14/h2-5,8-9,11,14,18H,6-7,10H2,1H3. The Balaban J connectivity index is 1.80. The summed E-state index contributed by atoms with van der Waals surface area (Å²) in [6.45, 7) is 0. The monoisotopic (exact) mass is 364 g/mol. The zero-order chi connectivity index (χ0) is 14.8. The van der Waals surface area contributed by atoms with Crippen molar-refractivity contribution >= 4 is 27.5 Å². The highest BCUT2D eigenvalue weighted by atomic mass is 79.9. The maximum Gasteiger partial charge on any atom is 0.133 e. The lowest BCUT2D eigenvalue weighted by Gasteiger charge is -2.28. The summed E-state index contributed by atoms with van der Waals surface area (Å²) in [5.74, 6) is 1.33. The van der Waals surface area contributed by atoms with E-state index in [4.69, 9.17) is 16.3 Å². The van der Waals surface area contributed by atoms with Crippen LogP contribution in [-0.4, -0.2) is 7.11 Å². The first kappa shape index (κ1) is 14.9. The van der Waals surface area contributed by atoms with E-state index in [1.165, 1.54) is 11.1 Å². The Morgan fingerprint density at radius 3 is 2.67 bits per heavy atom. The third-order valence-corrected chi connectivity index (χ3v) is 5.52. The minimum Gasteiger partial charge on any atom is -0.496 e. The Morgan fingerprint density at radius 2 is 1.95 bits per heavy atom. The van der Waals surface area contributed by atoms with Gasteiger partial charge in [-0.05, 0) is 69.9 Å². The van der Waals surface area contributed by atoms with Crippen molar-refractivity contribution in [1.82, 2.24) is 0 Å². The fraction of sp³-hybridized carbons (Fsp3) is 0.333. The lowest BCUT2D eigenvalue weighted by atomic mass is 9.80. The van der Waals surface area contributed by atoms with Crippen LogP contribution in [0.15, 0.2) is 46.9 Å². The highest BCUT2D eigenvalue weighted by Crippen LogP contribution is 2.40. The van der Waals surface area contributed by atoms with E-state index < -0.39 is 0 Å². The number of rotatable bonds is 3. The Hall–Kier alpha value is -0.990. The quantitative estimate of drug-likeness (QED) is 0.649. The minimum absolute atomic E-state index is 0.0422. The number of methoxy groups -OCH3 is 1. The average Bonchev–Trinajstić information content (AvgIpc) is 2.53. The molecule has 0 spiro atoms. The van der Waals surface area contributed by atoms with Crippen molar-refractivity contribution in [3.05, 3.63) is 63.6 Å². The number of hydrogen-bond acceptors (Lipinski definition) is 1. The number of fused-ring (bicyclic) bond motifs is 1. The Kier molecular flexibility index (Phi) is 4.56. The van der Waals surface area contributed by atoms with Gasteiger partial charge in [0.05, 0.1) is 17.0 Å². The highest BCUT2D eigenvalue weighted by molar-refractivity contribution is 9.10. The SMILES string of the molecule is COc1ccc(C(Cl)C2CCc3ccccc3C2)cc1Br. The van der Waals surface area contributed by atoms with Crippen LogP contribution in [0.3, 0.4) is 0 Å². The molecule has 3 heteroatoms. The average molecular weight is 366 g/mol. The number of halogens is 2. The van der Waals surface area contributed by atoms with Gasteiger partial charge in [-0.1, -0.05) is 30.3 Å². The predicted molar refractivity (Wildman–Crippen MR) is 91.2 cm³/mol. The summed E-state index contributed by atoms with van der Waals surface area (Å²) >= 11 is 10.3. The van der Waals surface area contributed by atoms with Crippen molar-refractivity contribution in [2.24, 2.45) is 5.92 Å². The lowest BCUT2D eigenvalue weighted by Crippen LogP contribution is -2.18. The number of benzene rings is 2. The molecule has 0 aromatic heterocycles. The molecule has 2 unspecified atom stereocenters. The van der Waals surface area contributed by atoms with Crippen molar-refractivity contribution in [2.45, 2.75) is 24.6 Å². The second-order valence-electron chi connectivity index (χ2n) is 5.57. The number of alkyl halides is 1. The van der Waals surface area contributed by atoms with Gasteiger partial charge in [-0.2, -0.15) is 0 Å². The van der Waals surface area contributed by atoms with Crippen LogP contribution in [0.1, 0.15) is 28.5 Å². The summed E-state index contributed by atoms with van der Waals surface area (Å²) in [4.78, 5) is 0. The first-order valence-corrected chi connectivity index (χ1v) is 8.46. The van der Waals surface area contributed by atoms with E-state index in [1.807, 2.05) is 6.07 Å². The van der Waals surface area contributed by atoms with E-state index in [0.717, 1.165) is 35.0 Å². The van der Waals surface area contributed by atoms with Crippen LogP contribution in [0, 0.1) is 5.92 Å². The normalized spacial score (nSPS) is 18.9. The lowest BCUT2D eigenvalue weighted by molar-refractivity contribution is 0.411. The topological polar surface area (TPSA) is 9.23 Å². The molecule has 0 radical (unpaired) electrons. The van der Waals surface area contributed by atoms with Crippen molar-refractivity contribution < 1.29 is 4.74 Å². The predicted octanol–water partition coefficient (Wildman–Crippen LogP) is 5.54. The molecule has 0 N–H and O–H groups in total. The highest BCUT2D eigenvalue weighted by Gasteiger charge is 2.26. The van der Waals surface area contributed by atoms with Gasteiger partial charge in [0.2, 0.25) is 0 Å². The minimum atomic E-state index is 0.0422. The fourth-order valence-electron chi connectivity index (χ4n) is 3.10. The molecule has 110 valence electrons. The summed E-state index contributed by atoms with van der Waals surface area (Å²) in [6, 6.07) is 14.8. The van der Waals surface area contributed by atoms with Crippen LogP contribution in [-0.2, 0) is 12.8 Å². The molecule has 1 nitrogen and oxygen atoms in total. The van der Waals surface area contributed by atoms with Gasteiger partial charge in [-0.25, -0.2) is 0 Å². The van der Waals surface area contributed by atoms with Gasteiger partial charge in [0, 0.05) is 0 Å². The molecular formula is C18H18BrClO. The molecule has 2 aromatic carbocycles. The number of ether oxygens (including phenoxy) is 1. The van der Waals surface area contributed by atoms with Gasteiger partial charge >= 0.3 is 0 Å². The van der Waals surface area contributed by atoms with Gasteiger partial charge in [-0.3, -0.25) is 0 Å². The summed E-state index contributed by atoms with van der Waals surface area (Å²) in [7, 11) is 1.68. The van der Waals surface area contributed by atoms with Crippen LogP contribution in [0.5, 0.6) is 5.75 Å². The molecule has 2 aromatic rings. The smallest absolute Gasteiger partial charge is 0.133 e. The van der Waals surface area contributed by atoms with Crippen molar-refractivity contribution in [1.29, 1.82) is 0 Å². The molecule has 1 aliphatic carbocycles. The number of aryl methyl sites for hydroxylation is 1. The van der Waals surface area contributed by atoms with Gasteiger partial charge in [-0.15, -0.1) is 11.6 Å². The molecule has 0 saturated carbocycles. The Labute approximate surface area is 139 Å². The maximum atomic E-state index is 6.76. The van der Waals surface area contributed by atoms with E-state index in [9.17, 15) is 0 Å². The molecular weight excluding hydrogens is 348 g/mol. The van der Waals surface area contributed by atoms with Crippen LogP contribution in [0.2, 0.25) is 0 Å². The number of hydrogen-bond donors (Lipinski definition) is 0. The van der Waals surface area contributed by atoms with E-state index in [-0.39, 0.29) is 5.38 Å². The summed E-state index contributed by atoms with van der Waals surface area (Å²) < 4.78 is 6.24. The van der Waals surface area contributed by atoms with Crippen molar-refractivity contribution in [2.75, 3.05) is 7.11 Å². The summed E-state index contributed by atoms with van der Waals surface area (Å²) in [5.41, 5.74) is 4.09. The van der Waals surface area contributed by atoms with Crippen molar-refractivity contribution in [3.63, 3.8) is 0 Å². The molecule has 0 aliphatic heterocycles. The Bertz CT molecular complexity index is 641. The molecule has 1 aliphatic rings. The van der Waals surface area contributed by atoms with E-state index >= 15 is 0 Å². The molecule has 0 heterocycles. The molecule has 21 heavy (non-hydrogen) atoms. The second kappa shape index (κ2) is 6.41. The Morgan fingerprint density at radius 1 is 1.19 bits per heavy atom. The second-order valence-corrected chi connectivity index (χ2v) is 6.89. The fourth-order valence-corrected chi connectivity index (χ4v) is 4.01. The largest absolute Gasteiger partial charge is 0.496 e. The molecule has 0 saturated heterocycles. The van der Waals surface area contributed by atoms with Gasteiger partial charge in [0.1, 0.15) is 5.75 Å².